The van der Waals surface area contributed by atoms with E-state index in [9.17, 15) is 14.4 Å². The SMILES string of the molecule is CCOC(=O)[C@@]12CCCC3=C1N1[C@@H](CC2)[C@@H](C(=O)OC)C[C@@]1(C)C3=O. The Bertz CT molecular complexity index is 698. The summed E-state index contributed by atoms with van der Waals surface area (Å²) in [6.07, 6.45) is 4.09. The molecule has 0 radical (unpaired) electrons. The predicted octanol–water partition coefficient (Wildman–Crippen LogP) is 1.97. The number of hydrogen-bond donors (Lipinski definition) is 0. The molecule has 0 saturated carbocycles. The second kappa shape index (κ2) is 5.32. The lowest BCUT2D eigenvalue weighted by molar-refractivity contribution is -0.158. The van der Waals surface area contributed by atoms with Crippen LogP contribution < -0.4 is 0 Å². The molecule has 0 aromatic carbocycles. The van der Waals surface area contributed by atoms with Crippen molar-refractivity contribution in [2.45, 2.75) is 64.0 Å². The minimum Gasteiger partial charge on any atom is -0.469 e. The molecule has 4 atom stereocenters. The highest BCUT2D eigenvalue weighted by molar-refractivity contribution is 6.08. The van der Waals surface area contributed by atoms with Gasteiger partial charge in [0.2, 0.25) is 0 Å². The zero-order valence-electron chi connectivity index (χ0n) is 15.1. The van der Waals surface area contributed by atoms with E-state index in [1.807, 2.05) is 13.8 Å². The van der Waals surface area contributed by atoms with Crippen LogP contribution in [0.3, 0.4) is 0 Å². The van der Waals surface area contributed by atoms with Crippen molar-refractivity contribution >= 4 is 17.7 Å². The topological polar surface area (TPSA) is 72.9 Å². The number of rotatable bonds is 3. The Morgan fingerprint density at radius 3 is 2.76 bits per heavy atom. The number of ether oxygens (including phenoxy) is 2. The first-order chi connectivity index (χ1) is 11.9. The van der Waals surface area contributed by atoms with Crippen molar-refractivity contribution in [1.29, 1.82) is 0 Å². The van der Waals surface area contributed by atoms with Crippen molar-refractivity contribution in [2.75, 3.05) is 13.7 Å². The molecule has 2 fully saturated rings. The Morgan fingerprint density at radius 2 is 2.08 bits per heavy atom. The molecule has 0 spiro atoms. The van der Waals surface area contributed by atoms with Crippen LogP contribution in [0.4, 0.5) is 0 Å². The second-order valence-electron chi connectivity index (χ2n) is 7.90. The third-order valence-corrected chi connectivity index (χ3v) is 6.76. The van der Waals surface area contributed by atoms with E-state index in [-0.39, 0.29) is 29.7 Å². The summed E-state index contributed by atoms with van der Waals surface area (Å²) in [7, 11) is 1.40. The molecule has 0 aromatic heterocycles. The van der Waals surface area contributed by atoms with Crippen LogP contribution >= 0.6 is 0 Å². The molecular formula is C19H25NO5. The average molecular weight is 347 g/mol. The third kappa shape index (κ3) is 1.88. The van der Waals surface area contributed by atoms with Gasteiger partial charge in [-0.05, 0) is 52.4 Å². The Kier molecular flexibility index (Phi) is 3.54. The summed E-state index contributed by atoms with van der Waals surface area (Å²) >= 11 is 0. The molecule has 4 aliphatic rings. The molecule has 136 valence electrons. The van der Waals surface area contributed by atoms with Crippen molar-refractivity contribution in [3.8, 4) is 0 Å². The summed E-state index contributed by atoms with van der Waals surface area (Å²) in [4.78, 5) is 40.5. The van der Waals surface area contributed by atoms with Gasteiger partial charge in [-0.25, -0.2) is 0 Å². The number of carbonyl (C=O) groups excluding carboxylic acids is 3. The van der Waals surface area contributed by atoms with Crippen LogP contribution in [0, 0.1) is 11.3 Å². The van der Waals surface area contributed by atoms with Crippen LogP contribution in [0.5, 0.6) is 0 Å². The maximum Gasteiger partial charge on any atom is 0.318 e. The number of piperidine rings is 1. The molecule has 3 heterocycles. The molecule has 4 rings (SSSR count). The first-order valence-electron chi connectivity index (χ1n) is 9.23. The van der Waals surface area contributed by atoms with Crippen LogP contribution in [0.1, 0.15) is 52.4 Å². The van der Waals surface area contributed by atoms with Gasteiger partial charge in [0.05, 0.1) is 19.6 Å². The zero-order valence-corrected chi connectivity index (χ0v) is 15.1. The summed E-state index contributed by atoms with van der Waals surface area (Å²) in [5, 5.41) is 0. The van der Waals surface area contributed by atoms with Crippen LogP contribution in [0.25, 0.3) is 0 Å². The molecule has 6 heteroatoms. The van der Waals surface area contributed by atoms with E-state index in [0.29, 0.717) is 25.9 Å². The number of hydrogen-bond acceptors (Lipinski definition) is 6. The first-order valence-corrected chi connectivity index (χ1v) is 9.23. The van der Waals surface area contributed by atoms with Gasteiger partial charge >= 0.3 is 11.9 Å². The Hall–Kier alpha value is -1.85. The van der Waals surface area contributed by atoms with Crippen molar-refractivity contribution in [1.82, 2.24) is 4.90 Å². The molecule has 2 saturated heterocycles. The molecule has 0 aromatic rings. The molecular weight excluding hydrogens is 322 g/mol. The lowest BCUT2D eigenvalue weighted by atomic mass is 9.66. The van der Waals surface area contributed by atoms with Crippen molar-refractivity contribution in [2.24, 2.45) is 11.3 Å². The summed E-state index contributed by atoms with van der Waals surface area (Å²) in [5.74, 6) is -0.682. The van der Waals surface area contributed by atoms with Gasteiger partial charge in [-0.2, -0.15) is 0 Å². The Morgan fingerprint density at radius 1 is 1.32 bits per heavy atom. The minimum absolute atomic E-state index is 0.0606. The smallest absolute Gasteiger partial charge is 0.318 e. The van der Waals surface area contributed by atoms with Gasteiger partial charge < -0.3 is 14.4 Å². The molecule has 25 heavy (non-hydrogen) atoms. The van der Waals surface area contributed by atoms with E-state index in [4.69, 9.17) is 9.47 Å². The van der Waals surface area contributed by atoms with E-state index in [1.165, 1.54) is 7.11 Å². The highest BCUT2D eigenvalue weighted by Gasteiger charge is 2.68. The maximum absolute atomic E-state index is 13.2. The fourth-order valence-corrected chi connectivity index (χ4v) is 5.77. The van der Waals surface area contributed by atoms with Gasteiger partial charge in [0.15, 0.2) is 5.78 Å². The van der Waals surface area contributed by atoms with E-state index < -0.39 is 11.0 Å². The van der Waals surface area contributed by atoms with Gasteiger partial charge in [-0.15, -0.1) is 0 Å². The number of ketones is 1. The Balaban J connectivity index is 1.84. The highest BCUT2D eigenvalue weighted by Crippen LogP contribution is 2.62. The fraction of sp³-hybridized carbons (Fsp3) is 0.737. The van der Waals surface area contributed by atoms with Crippen molar-refractivity contribution in [3.63, 3.8) is 0 Å². The quantitative estimate of drug-likeness (QED) is 0.727. The summed E-state index contributed by atoms with van der Waals surface area (Å²) in [6.45, 7) is 4.07. The molecule has 0 bridgehead atoms. The van der Waals surface area contributed by atoms with E-state index in [0.717, 1.165) is 30.5 Å². The summed E-state index contributed by atoms with van der Waals surface area (Å²) in [5.41, 5.74) is 0.233. The van der Waals surface area contributed by atoms with Gasteiger partial charge in [0.1, 0.15) is 11.0 Å². The lowest BCUT2D eigenvalue weighted by Gasteiger charge is -2.49. The number of nitrogens with zero attached hydrogens (tertiary/aromatic N) is 1. The van der Waals surface area contributed by atoms with Crippen LogP contribution in [0.2, 0.25) is 0 Å². The standard InChI is InChI=1S/C19H25NO5/c1-4-25-17(23)19-8-5-6-11-14(19)20-13(7-9-19)12(16(22)24-3)10-18(20,2)15(11)21/h12-13H,4-10H2,1-3H3/t12-,13-,18-,19+/m0/s1. The number of carbonyl (C=O) groups is 3. The van der Waals surface area contributed by atoms with Crippen molar-refractivity contribution < 1.29 is 23.9 Å². The number of Topliss-reactive ketones (excluding diaryl/α,β-unsaturated/α-hetero) is 1. The van der Waals surface area contributed by atoms with Crippen molar-refractivity contribution in [3.05, 3.63) is 11.3 Å². The molecule has 0 amide bonds. The molecule has 6 nitrogen and oxygen atoms in total. The summed E-state index contributed by atoms with van der Waals surface area (Å²) in [6, 6.07) is -0.0606. The number of esters is 2. The highest BCUT2D eigenvalue weighted by atomic mass is 16.5. The van der Waals surface area contributed by atoms with Gasteiger partial charge in [-0.1, -0.05) is 0 Å². The number of methoxy groups -OCH3 is 1. The lowest BCUT2D eigenvalue weighted by Crippen LogP contribution is -2.54. The van der Waals surface area contributed by atoms with E-state index >= 15 is 0 Å². The van der Waals surface area contributed by atoms with Gasteiger partial charge in [-0.3, -0.25) is 14.4 Å². The normalized spacial score (nSPS) is 38.7. The molecule has 1 aliphatic carbocycles. The van der Waals surface area contributed by atoms with Gasteiger partial charge in [0.25, 0.3) is 0 Å². The summed E-state index contributed by atoms with van der Waals surface area (Å²) < 4.78 is 10.4. The van der Waals surface area contributed by atoms with E-state index in [1.54, 1.807) is 0 Å². The Labute approximate surface area is 147 Å². The van der Waals surface area contributed by atoms with Crippen LogP contribution in [-0.2, 0) is 23.9 Å². The van der Waals surface area contributed by atoms with Crippen LogP contribution in [-0.4, -0.2) is 47.9 Å². The second-order valence-corrected chi connectivity index (χ2v) is 7.90. The van der Waals surface area contributed by atoms with Crippen LogP contribution in [0.15, 0.2) is 11.3 Å². The minimum atomic E-state index is -0.726. The largest absolute Gasteiger partial charge is 0.469 e. The van der Waals surface area contributed by atoms with E-state index in [2.05, 4.69) is 4.90 Å². The first kappa shape index (κ1) is 16.6. The average Bonchev–Trinajstić information content (AvgIpc) is 3.04. The molecule has 3 aliphatic heterocycles. The van der Waals surface area contributed by atoms with Gasteiger partial charge in [0, 0.05) is 17.3 Å². The predicted molar refractivity (Wildman–Crippen MR) is 88.3 cm³/mol. The zero-order chi connectivity index (χ0) is 18.0. The maximum atomic E-state index is 13.2. The monoisotopic (exact) mass is 347 g/mol. The fourth-order valence-electron chi connectivity index (χ4n) is 5.77. The third-order valence-electron chi connectivity index (χ3n) is 6.76. The molecule has 0 unspecified atom stereocenters. The molecule has 0 N–H and O–H groups in total.